The number of ether oxygens (including phenoxy) is 1. The molecule has 0 saturated carbocycles. The fourth-order valence-corrected chi connectivity index (χ4v) is 1.99. The molecule has 1 fully saturated rings. The standard InChI is InChI=1S/C11H24N2O/c1-3-5-10(8-12)13-9-11(2)6-4-7-14-11/h10,13H,3-9,12H2,1-2H3. The zero-order chi connectivity index (χ0) is 10.4. The maximum absolute atomic E-state index is 5.71. The molecule has 0 aromatic carbocycles. The number of nitrogens with two attached hydrogens (primary N) is 1. The van der Waals surface area contributed by atoms with Gasteiger partial charge in [-0.1, -0.05) is 13.3 Å². The molecule has 0 amide bonds. The van der Waals surface area contributed by atoms with Gasteiger partial charge in [0.1, 0.15) is 0 Å². The van der Waals surface area contributed by atoms with E-state index >= 15 is 0 Å². The van der Waals surface area contributed by atoms with Crippen LogP contribution >= 0.6 is 0 Å². The zero-order valence-corrected chi connectivity index (χ0v) is 9.51. The lowest BCUT2D eigenvalue weighted by Gasteiger charge is -2.26. The van der Waals surface area contributed by atoms with Gasteiger partial charge in [0.05, 0.1) is 5.60 Å². The molecule has 0 bridgehead atoms. The van der Waals surface area contributed by atoms with E-state index in [2.05, 4.69) is 19.2 Å². The highest BCUT2D eigenvalue weighted by Crippen LogP contribution is 2.24. The second kappa shape index (κ2) is 5.69. The molecule has 1 saturated heterocycles. The van der Waals surface area contributed by atoms with Crippen LogP contribution in [0.4, 0.5) is 0 Å². The second-order valence-electron chi connectivity index (χ2n) is 4.50. The average molecular weight is 200 g/mol. The van der Waals surface area contributed by atoms with Gasteiger partial charge in [0.25, 0.3) is 0 Å². The van der Waals surface area contributed by atoms with Crippen molar-refractivity contribution < 1.29 is 4.74 Å². The Morgan fingerprint density at radius 2 is 2.36 bits per heavy atom. The fourth-order valence-electron chi connectivity index (χ4n) is 1.99. The van der Waals surface area contributed by atoms with Crippen LogP contribution in [0.15, 0.2) is 0 Å². The van der Waals surface area contributed by atoms with Crippen LogP contribution in [0.5, 0.6) is 0 Å². The van der Waals surface area contributed by atoms with Crippen molar-refractivity contribution in [2.45, 2.75) is 51.2 Å². The van der Waals surface area contributed by atoms with E-state index in [-0.39, 0.29) is 5.60 Å². The predicted octanol–water partition coefficient (Wildman–Crippen LogP) is 1.27. The lowest BCUT2D eigenvalue weighted by atomic mass is 10.0. The Balaban J connectivity index is 2.23. The molecule has 0 spiro atoms. The first-order chi connectivity index (χ1) is 6.70. The van der Waals surface area contributed by atoms with Gasteiger partial charge in [-0.3, -0.25) is 0 Å². The minimum absolute atomic E-state index is 0.0567. The third-order valence-corrected chi connectivity index (χ3v) is 2.99. The van der Waals surface area contributed by atoms with Crippen LogP contribution in [0, 0.1) is 0 Å². The minimum Gasteiger partial charge on any atom is -0.374 e. The van der Waals surface area contributed by atoms with E-state index in [1.165, 1.54) is 19.3 Å². The molecule has 1 aliphatic heterocycles. The normalized spacial score (nSPS) is 29.4. The summed E-state index contributed by atoms with van der Waals surface area (Å²) in [7, 11) is 0. The Kier molecular flexibility index (Phi) is 4.85. The van der Waals surface area contributed by atoms with Gasteiger partial charge in [-0.2, -0.15) is 0 Å². The molecule has 1 aliphatic rings. The van der Waals surface area contributed by atoms with E-state index in [9.17, 15) is 0 Å². The van der Waals surface area contributed by atoms with E-state index in [1.807, 2.05) is 0 Å². The van der Waals surface area contributed by atoms with Crippen molar-refractivity contribution >= 4 is 0 Å². The topological polar surface area (TPSA) is 47.3 Å². The lowest BCUT2D eigenvalue weighted by molar-refractivity contribution is 0.0187. The van der Waals surface area contributed by atoms with Crippen molar-refractivity contribution in [3.8, 4) is 0 Å². The van der Waals surface area contributed by atoms with E-state index in [0.29, 0.717) is 6.04 Å². The summed E-state index contributed by atoms with van der Waals surface area (Å²) in [6, 6.07) is 0.459. The molecule has 84 valence electrons. The van der Waals surface area contributed by atoms with Gasteiger partial charge in [-0.15, -0.1) is 0 Å². The number of nitrogens with one attached hydrogen (secondary N) is 1. The molecular weight excluding hydrogens is 176 g/mol. The Hall–Kier alpha value is -0.120. The smallest absolute Gasteiger partial charge is 0.0779 e. The van der Waals surface area contributed by atoms with Crippen LogP contribution in [-0.2, 0) is 4.74 Å². The van der Waals surface area contributed by atoms with Crippen molar-refractivity contribution in [3.63, 3.8) is 0 Å². The van der Waals surface area contributed by atoms with Crippen LogP contribution < -0.4 is 11.1 Å². The van der Waals surface area contributed by atoms with E-state index in [0.717, 1.165) is 26.1 Å². The van der Waals surface area contributed by atoms with E-state index in [4.69, 9.17) is 10.5 Å². The summed E-state index contributed by atoms with van der Waals surface area (Å²) >= 11 is 0. The van der Waals surface area contributed by atoms with Crippen molar-refractivity contribution in [2.75, 3.05) is 19.7 Å². The Morgan fingerprint density at radius 3 is 2.86 bits per heavy atom. The summed E-state index contributed by atoms with van der Waals surface area (Å²) in [6.45, 7) is 6.96. The molecule has 2 atom stereocenters. The van der Waals surface area contributed by atoms with E-state index in [1.54, 1.807) is 0 Å². The third kappa shape index (κ3) is 3.56. The minimum atomic E-state index is 0.0567. The first-order valence-electron chi connectivity index (χ1n) is 5.77. The number of hydrogen-bond acceptors (Lipinski definition) is 3. The number of hydrogen-bond donors (Lipinski definition) is 2. The molecule has 0 aliphatic carbocycles. The van der Waals surface area contributed by atoms with Gasteiger partial charge in [0.15, 0.2) is 0 Å². The SMILES string of the molecule is CCCC(CN)NCC1(C)CCCO1. The Bertz CT molecular complexity index is 155. The molecule has 0 aromatic heterocycles. The molecule has 3 heteroatoms. The Labute approximate surface area is 87.4 Å². The fraction of sp³-hybridized carbons (Fsp3) is 1.00. The van der Waals surface area contributed by atoms with Gasteiger partial charge in [-0.25, -0.2) is 0 Å². The third-order valence-electron chi connectivity index (χ3n) is 2.99. The van der Waals surface area contributed by atoms with Crippen molar-refractivity contribution in [2.24, 2.45) is 5.73 Å². The second-order valence-corrected chi connectivity index (χ2v) is 4.50. The summed E-state index contributed by atoms with van der Waals surface area (Å²) in [5, 5.41) is 3.50. The van der Waals surface area contributed by atoms with Gasteiger partial charge in [-0.05, 0) is 26.2 Å². The quantitative estimate of drug-likeness (QED) is 0.679. The van der Waals surface area contributed by atoms with Gasteiger partial charge < -0.3 is 15.8 Å². The highest BCUT2D eigenvalue weighted by Gasteiger charge is 2.29. The summed E-state index contributed by atoms with van der Waals surface area (Å²) in [5.74, 6) is 0. The molecule has 3 N–H and O–H groups in total. The number of rotatable bonds is 6. The molecule has 14 heavy (non-hydrogen) atoms. The molecule has 1 heterocycles. The van der Waals surface area contributed by atoms with Crippen molar-refractivity contribution in [1.82, 2.24) is 5.32 Å². The summed E-state index contributed by atoms with van der Waals surface area (Å²) in [6.07, 6.45) is 4.71. The van der Waals surface area contributed by atoms with Crippen LogP contribution in [0.1, 0.15) is 39.5 Å². The zero-order valence-electron chi connectivity index (χ0n) is 9.51. The highest BCUT2D eigenvalue weighted by molar-refractivity contribution is 4.84. The first kappa shape index (κ1) is 12.0. The van der Waals surface area contributed by atoms with Crippen LogP contribution in [-0.4, -0.2) is 31.3 Å². The monoisotopic (exact) mass is 200 g/mol. The molecule has 2 unspecified atom stereocenters. The molecule has 1 rings (SSSR count). The molecular formula is C11H24N2O. The van der Waals surface area contributed by atoms with Crippen LogP contribution in [0.25, 0.3) is 0 Å². The van der Waals surface area contributed by atoms with E-state index < -0.39 is 0 Å². The van der Waals surface area contributed by atoms with Crippen LogP contribution in [0.2, 0.25) is 0 Å². The maximum atomic E-state index is 5.71. The highest BCUT2D eigenvalue weighted by atomic mass is 16.5. The lowest BCUT2D eigenvalue weighted by Crippen LogP contribution is -2.45. The summed E-state index contributed by atoms with van der Waals surface area (Å²) < 4.78 is 5.71. The van der Waals surface area contributed by atoms with Crippen molar-refractivity contribution in [1.29, 1.82) is 0 Å². The average Bonchev–Trinajstić information content (AvgIpc) is 2.60. The van der Waals surface area contributed by atoms with Crippen LogP contribution in [0.3, 0.4) is 0 Å². The Morgan fingerprint density at radius 1 is 1.57 bits per heavy atom. The molecule has 0 radical (unpaired) electrons. The predicted molar refractivity (Wildman–Crippen MR) is 59.3 cm³/mol. The van der Waals surface area contributed by atoms with Crippen molar-refractivity contribution in [3.05, 3.63) is 0 Å². The molecule has 3 nitrogen and oxygen atoms in total. The van der Waals surface area contributed by atoms with Gasteiger partial charge in [0.2, 0.25) is 0 Å². The summed E-state index contributed by atoms with van der Waals surface area (Å²) in [5.41, 5.74) is 5.74. The molecule has 0 aromatic rings. The largest absolute Gasteiger partial charge is 0.374 e. The summed E-state index contributed by atoms with van der Waals surface area (Å²) in [4.78, 5) is 0. The van der Waals surface area contributed by atoms with Gasteiger partial charge in [0, 0.05) is 25.7 Å². The first-order valence-corrected chi connectivity index (χ1v) is 5.77. The maximum Gasteiger partial charge on any atom is 0.0779 e. The van der Waals surface area contributed by atoms with Gasteiger partial charge >= 0.3 is 0 Å².